The number of hydrogen-bond acceptors (Lipinski definition) is 3. The quantitative estimate of drug-likeness (QED) is 0.787. The summed E-state index contributed by atoms with van der Waals surface area (Å²) in [7, 11) is 0. The van der Waals surface area contributed by atoms with Crippen LogP contribution in [0.3, 0.4) is 0 Å². The smallest absolute Gasteiger partial charge is 0.155 e. The summed E-state index contributed by atoms with van der Waals surface area (Å²) in [6, 6.07) is 1.64. The van der Waals surface area contributed by atoms with Crippen LogP contribution in [-0.2, 0) is 17.8 Å². The highest BCUT2D eigenvalue weighted by atomic mass is 16.1. The number of unbranched alkanes of at least 4 members (excludes halogenated alkanes) is 1. The van der Waals surface area contributed by atoms with Crippen molar-refractivity contribution >= 4 is 5.78 Å². The van der Waals surface area contributed by atoms with Gasteiger partial charge in [-0.3, -0.25) is 9.48 Å². The molecule has 1 aromatic heterocycles. The first-order valence-corrected chi connectivity index (χ1v) is 6.40. The van der Waals surface area contributed by atoms with Crippen molar-refractivity contribution in [3.63, 3.8) is 0 Å². The zero-order valence-corrected chi connectivity index (χ0v) is 11.1. The number of ketones is 1. The fourth-order valence-corrected chi connectivity index (χ4v) is 1.91. The summed E-state index contributed by atoms with van der Waals surface area (Å²) in [6.07, 6.45) is 3.28. The Morgan fingerprint density at radius 2 is 2.24 bits per heavy atom. The Labute approximate surface area is 103 Å². The maximum absolute atomic E-state index is 11.9. The molecule has 1 unspecified atom stereocenters. The van der Waals surface area contributed by atoms with E-state index in [0.717, 1.165) is 37.2 Å². The number of hydrogen-bond donors (Lipinski definition) is 1. The maximum atomic E-state index is 11.9. The highest BCUT2D eigenvalue weighted by Crippen LogP contribution is 2.08. The topological polar surface area (TPSA) is 60.9 Å². The van der Waals surface area contributed by atoms with Gasteiger partial charge in [-0.05, 0) is 26.3 Å². The second-order valence-corrected chi connectivity index (χ2v) is 4.48. The van der Waals surface area contributed by atoms with E-state index in [1.54, 1.807) is 0 Å². The summed E-state index contributed by atoms with van der Waals surface area (Å²) in [4.78, 5) is 11.9. The lowest BCUT2D eigenvalue weighted by Crippen LogP contribution is -2.32. The van der Waals surface area contributed by atoms with Gasteiger partial charge in [-0.15, -0.1) is 0 Å². The average molecular weight is 237 g/mol. The van der Waals surface area contributed by atoms with Crippen molar-refractivity contribution in [1.29, 1.82) is 0 Å². The van der Waals surface area contributed by atoms with E-state index in [1.165, 1.54) is 0 Å². The first kappa shape index (κ1) is 13.9. The molecule has 0 spiro atoms. The average Bonchev–Trinajstić information content (AvgIpc) is 2.66. The lowest BCUT2D eigenvalue weighted by molar-refractivity contribution is -0.119. The first-order valence-electron chi connectivity index (χ1n) is 6.40. The van der Waals surface area contributed by atoms with Gasteiger partial charge in [-0.1, -0.05) is 19.8 Å². The third kappa shape index (κ3) is 3.97. The maximum Gasteiger partial charge on any atom is 0.155 e. The van der Waals surface area contributed by atoms with Gasteiger partial charge >= 0.3 is 0 Å². The molecule has 0 aliphatic rings. The number of carbonyl (C=O) groups excluding carboxylic acids is 1. The van der Waals surface area contributed by atoms with Gasteiger partial charge in [0, 0.05) is 12.2 Å². The Balaban J connectivity index is 2.60. The fourth-order valence-electron chi connectivity index (χ4n) is 1.91. The molecule has 0 aromatic carbocycles. The number of aryl methyl sites for hydroxylation is 2. The summed E-state index contributed by atoms with van der Waals surface area (Å²) >= 11 is 0. The summed E-state index contributed by atoms with van der Waals surface area (Å²) in [5.41, 5.74) is 7.80. The molecule has 1 rings (SSSR count). The van der Waals surface area contributed by atoms with E-state index in [9.17, 15) is 4.79 Å². The van der Waals surface area contributed by atoms with Crippen molar-refractivity contribution in [2.75, 3.05) is 0 Å². The van der Waals surface area contributed by atoms with E-state index in [-0.39, 0.29) is 11.8 Å². The second-order valence-electron chi connectivity index (χ2n) is 4.48. The molecule has 4 heteroatoms. The van der Waals surface area contributed by atoms with Gasteiger partial charge in [0.2, 0.25) is 0 Å². The molecule has 4 nitrogen and oxygen atoms in total. The predicted molar refractivity (Wildman–Crippen MR) is 68.8 cm³/mol. The Hall–Kier alpha value is -1.16. The van der Waals surface area contributed by atoms with Crippen molar-refractivity contribution in [3.8, 4) is 0 Å². The van der Waals surface area contributed by atoms with Gasteiger partial charge in [0.25, 0.3) is 0 Å². The van der Waals surface area contributed by atoms with Gasteiger partial charge in [0.1, 0.15) is 0 Å². The van der Waals surface area contributed by atoms with Crippen LogP contribution in [0.15, 0.2) is 6.07 Å². The molecule has 0 amide bonds. The van der Waals surface area contributed by atoms with Crippen LogP contribution in [0.5, 0.6) is 0 Å². The molecule has 1 atom stereocenters. The van der Waals surface area contributed by atoms with Crippen LogP contribution < -0.4 is 5.73 Å². The van der Waals surface area contributed by atoms with Crippen LogP contribution in [0.2, 0.25) is 0 Å². The van der Waals surface area contributed by atoms with E-state index in [2.05, 4.69) is 12.0 Å². The lowest BCUT2D eigenvalue weighted by Gasteiger charge is -2.10. The van der Waals surface area contributed by atoms with Gasteiger partial charge in [-0.2, -0.15) is 5.10 Å². The van der Waals surface area contributed by atoms with Crippen molar-refractivity contribution in [1.82, 2.24) is 9.78 Å². The molecular formula is C13H23N3O. The zero-order valence-electron chi connectivity index (χ0n) is 11.1. The minimum absolute atomic E-state index is 0.119. The lowest BCUT2D eigenvalue weighted by atomic mass is 10.0. The molecule has 0 saturated heterocycles. The number of carbonyl (C=O) groups is 1. The first-order chi connectivity index (χ1) is 8.08. The third-order valence-corrected chi connectivity index (χ3v) is 2.92. The predicted octanol–water partition coefficient (Wildman–Crippen LogP) is 1.84. The molecule has 0 aliphatic heterocycles. The number of Topliss-reactive ketones (excluding diaryl/α,β-unsaturated/α-hetero) is 1. The van der Waals surface area contributed by atoms with Crippen LogP contribution in [0.1, 0.15) is 44.5 Å². The van der Waals surface area contributed by atoms with Gasteiger partial charge in [0.15, 0.2) is 5.78 Å². The van der Waals surface area contributed by atoms with E-state index in [0.29, 0.717) is 6.42 Å². The SMILES string of the molecule is CCCCC(N)C(=O)Cc1cc(C)nn1CC. The van der Waals surface area contributed by atoms with Crippen molar-refractivity contribution in [2.24, 2.45) is 5.73 Å². The molecule has 0 radical (unpaired) electrons. The van der Waals surface area contributed by atoms with Crippen molar-refractivity contribution in [3.05, 3.63) is 17.5 Å². The van der Waals surface area contributed by atoms with E-state index in [4.69, 9.17) is 5.73 Å². The molecule has 1 heterocycles. The van der Waals surface area contributed by atoms with E-state index < -0.39 is 0 Å². The Morgan fingerprint density at radius 3 is 2.82 bits per heavy atom. The van der Waals surface area contributed by atoms with Gasteiger partial charge in [0.05, 0.1) is 18.2 Å². The second kappa shape index (κ2) is 6.55. The number of rotatable bonds is 7. The number of nitrogens with zero attached hydrogens (tertiary/aromatic N) is 2. The Bertz CT molecular complexity index is 371. The molecule has 96 valence electrons. The molecular weight excluding hydrogens is 214 g/mol. The highest BCUT2D eigenvalue weighted by molar-refractivity contribution is 5.85. The normalized spacial score (nSPS) is 12.7. The van der Waals surface area contributed by atoms with E-state index >= 15 is 0 Å². The monoisotopic (exact) mass is 237 g/mol. The molecule has 1 aromatic rings. The van der Waals surface area contributed by atoms with Crippen molar-refractivity contribution in [2.45, 2.75) is 59.0 Å². The summed E-state index contributed by atoms with van der Waals surface area (Å²) in [6.45, 7) is 6.86. The van der Waals surface area contributed by atoms with Gasteiger partial charge in [-0.25, -0.2) is 0 Å². The van der Waals surface area contributed by atoms with Crippen LogP contribution in [0.4, 0.5) is 0 Å². The van der Waals surface area contributed by atoms with Crippen molar-refractivity contribution < 1.29 is 4.79 Å². The van der Waals surface area contributed by atoms with Crippen LogP contribution in [0.25, 0.3) is 0 Å². The fraction of sp³-hybridized carbons (Fsp3) is 0.692. The van der Waals surface area contributed by atoms with Gasteiger partial charge < -0.3 is 5.73 Å². The van der Waals surface area contributed by atoms with Crippen LogP contribution in [0, 0.1) is 6.92 Å². The molecule has 0 saturated carbocycles. The molecule has 0 fully saturated rings. The van der Waals surface area contributed by atoms with Crippen LogP contribution >= 0.6 is 0 Å². The van der Waals surface area contributed by atoms with E-state index in [1.807, 2.05) is 24.6 Å². The summed E-state index contributed by atoms with van der Waals surface area (Å²) < 4.78 is 1.87. The number of nitrogens with two attached hydrogens (primary N) is 1. The third-order valence-electron chi connectivity index (χ3n) is 2.92. The highest BCUT2D eigenvalue weighted by Gasteiger charge is 2.16. The summed E-state index contributed by atoms with van der Waals surface area (Å²) in [5, 5.41) is 4.33. The minimum Gasteiger partial charge on any atom is -0.321 e. The standard InChI is InChI=1S/C13H23N3O/c1-4-6-7-12(14)13(17)9-11-8-10(3)15-16(11)5-2/h8,12H,4-7,9,14H2,1-3H3. The molecule has 2 N–H and O–H groups in total. The Kier molecular flexibility index (Phi) is 5.35. The molecule has 0 bridgehead atoms. The molecule has 17 heavy (non-hydrogen) atoms. The largest absolute Gasteiger partial charge is 0.321 e. The number of aromatic nitrogens is 2. The Morgan fingerprint density at radius 1 is 1.53 bits per heavy atom. The zero-order chi connectivity index (χ0) is 12.8. The summed E-state index contributed by atoms with van der Waals surface area (Å²) in [5.74, 6) is 0.119. The minimum atomic E-state index is -0.324. The molecule has 0 aliphatic carbocycles. The van der Waals surface area contributed by atoms with Crippen LogP contribution in [-0.4, -0.2) is 21.6 Å².